The monoisotopic (exact) mass is 328 g/mol. The van der Waals surface area contributed by atoms with Gasteiger partial charge in [-0.05, 0) is 31.7 Å². The predicted octanol–water partition coefficient (Wildman–Crippen LogP) is 3.99. The summed E-state index contributed by atoms with van der Waals surface area (Å²) in [4.78, 5) is 5.71. The number of rotatable bonds is 4. The van der Waals surface area contributed by atoms with Crippen LogP contribution in [0.5, 0.6) is 0 Å². The maximum Gasteiger partial charge on any atom is 0.133 e. The van der Waals surface area contributed by atoms with Crippen molar-refractivity contribution in [3.63, 3.8) is 0 Å². The Morgan fingerprint density at radius 1 is 1.44 bits per heavy atom. The Morgan fingerprint density at radius 3 is 2.89 bits per heavy atom. The summed E-state index contributed by atoms with van der Waals surface area (Å²) in [5.41, 5.74) is 1.61. The molecule has 2 nitrogen and oxygen atoms in total. The first-order valence-electron chi connectivity index (χ1n) is 5.74. The number of halogens is 2. The number of benzene rings is 1. The summed E-state index contributed by atoms with van der Waals surface area (Å²) in [7, 11) is 1.90. The molecule has 0 unspecified atom stereocenters. The van der Waals surface area contributed by atoms with Crippen LogP contribution >= 0.6 is 27.3 Å². The van der Waals surface area contributed by atoms with E-state index in [4.69, 9.17) is 0 Å². The Hall–Kier alpha value is -0.780. The molecule has 2 rings (SSSR count). The maximum absolute atomic E-state index is 13.8. The van der Waals surface area contributed by atoms with Crippen LogP contribution < -0.4 is 5.32 Å². The zero-order valence-corrected chi connectivity index (χ0v) is 12.7. The summed E-state index contributed by atoms with van der Waals surface area (Å²) < 4.78 is 14.7. The minimum absolute atomic E-state index is 0.231. The molecule has 0 radical (unpaired) electrons. The van der Waals surface area contributed by atoms with E-state index in [2.05, 4.69) is 33.2 Å². The second kappa shape index (κ2) is 5.91. The van der Waals surface area contributed by atoms with E-state index in [1.165, 1.54) is 10.9 Å². The van der Waals surface area contributed by atoms with Crippen molar-refractivity contribution in [1.82, 2.24) is 10.3 Å². The highest BCUT2D eigenvalue weighted by Crippen LogP contribution is 2.32. The highest BCUT2D eigenvalue weighted by atomic mass is 79.9. The molecule has 0 fully saturated rings. The molecule has 0 spiro atoms. The Balaban J connectivity index is 2.47. The van der Waals surface area contributed by atoms with E-state index in [9.17, 15) is 4.39 Å². The molecule has 5 heteroatoms. The summed E-state index contributed by atoms with van der Waals surface area (Å²) in [6.45, 7) is 2.84. The fourth-order valence-corrected chi connectivity index (χ4v) is 3.28. The molecule has 0 bridgehead atoms. The average molecular weight is 329 g/mol. The quantitative estimate of drug-likeness (QED) is 0.917. The second-order valence-corrected chi connectivity index (χ2v) is 5.90. The van der Waals surface area contributed by atoms with Crippen molar-refractivity contribution in [2.45, 2.75) is 19.9 Å². The van der Waals surface area contributed by atoms with Crippen LogP contribution in [0.3, 0.4) is 0 Å². The number of aromatic nitrogens is 1. The van der Waals surface area contributed by atoms with E-state index in [1.807, 2.05) is 7.05 Å². The van der Waals surface area contributed by atoms with Crippen LogP contribution in [0.4, 0.5) is 4.39 Å². The Kier molecular flexibility index (Phi) is 4.48. The molecule has 96 valence electrons. The third-order valence-corrected chi connectivity index (χ3v) is 4.23. The molecule has 0 aliphatic heterocycles. The Morgan fingerprint density at radius 2 is 2.22 bits per heavy atom. The lowest BCUT2D eigenvalue weighted by Gasteiger charge is -1.99. The molecule has 1 N–H and O–H groups in total. The molecular formula is C13H14BrFN2S. The number of hydrogen-bond donors (Lipinski definition) is 1. The fraction of sp³-hybridized carbons (Fsp3) is 0.308. The van der Waals surface area contributed by atoms with Crippen LogP contribution in [0.15, 0.2) is 22.7 Å². The highest BCUT2D eigenvalue weighted by molar-refractivity contribution is 9.10. The molecular weight excluding hydrogens is 315 g/mol. The first-order chi connectivity index (χ1) is 8.65. The molecule has 0 aliphatic carbocycles. The molecule has 2 aromatic rings. The standard InChI is InChI=1S/C13H14BrFN2S/c1-3-11-12(7-16-2)18-13(17-11)9-6-8(14)4-5-10(9)15/h4-6,16H,3,7H2,1-2H3. The first kappa shape index (κ1) is 13.6. The number of nitrogens with one attached hydrogen (secondary N) is 1. The van der Waals surface area contributed by atoms with Crippen LogP contribution in [0, 0.1) is 5.82 Å². The van der Waals surface area contributed by atoms with Gasteiger partial charge >= 0.3 is 0 Å². The van der Waals surface area contributed by atoms with Gasteiger partial charge in [0.1, 0.15) is 10.8 Å². The Bertz CT molecular complexity index is 554. The first-order valence-corrected chi connectivity index (χ1v) is 7.35. The van der Waals surface area contributed by atoms with Gasteiger partial charge in [0.2, 0.25) is 0 Å². The number of aryl methyl sites for hydroxylation is 1. The van der Waals surface area contributed by atoms with Crippen molar-refractivity contribution < 1.29 is 4.39 Å². The summed E-state index contributed by atoms with van der Waals surface area (Å²) in [5, 5.41) is 3.86. The van der Waals surface area contributed by atoms with Gasteiger partial charge in [0.25, 0.3) is 0 Å². The van der Waals surface area contributed by atoms with E-state index in [0.29, 0.717) is 5.56 Å². The molecule has 0 aliphatic rings. The van der Waals surface area contributed by atoms with Crippen molar-refractivity contribution in [2.75, 3.05) is 7.05 Å². The van der Waals surface area contributed by atoms with Gasteiger partial charge in [-0.15, -0.1) is 11.3 Å². The van der Waals surface area contributed by atoms with Crippen LogP contribution in [0.25, 0.3) is 10.6 Å². The van der Waals surface area contributed by atoms with E-state index in [0.717, 1.165) is 28.1 Å². The van der Waals surface area contributed by atoms with Gasteiger partial charge in [-0.25, -0.2) is 9.37 Å². The van der Waals surface area contributed by atoms with Gasteiger partial charge in [-0.2, -0.15) is 0 Å². The fourth-order valence-electron chi connectivity index (χ4n) is 1.73. The SMILES string of the molecule is CCc1nc(-c2cc(Br)ccc2F)sc1CNC. The Labute approximate surface area is 118 Å². The third kappa shape index (κ3) is 2.79. The minimum Gasteiger partial charge on any atom is -0.315 e. The van der Waals surface area contributed by atoms with Crippen molar-refractivity contribution in [3.05, 3.63) is 39.1 Å². The zero-order valence-electron chi connectivity index (χ0n) is 10.3. The van der Waals surface area contributed by atoms with Crippen LogP contribution in [0.1, 0.15) is 17.5 Å². The molecule has 0 amide bonds. The van der Waals surface area contributed by atoms with Gasteiger partial charge < -0.3 is 5.32 Å². The van der Waals surface area contributed by atoms with E-state index in [-0.39, 0.29) is 5.82 Å². The normalized spacial score (nSPS) is 10.9. The van der Waals surface area contributed by atoms with Gasteiger partial charge in [0, 0.05) is 21.5 Å². The largest absolute Gasteiger partial charge is 0.315 e. The molecule has 0 saturated heterocycles. The average Bonchev–Trinajstić information content (AvgIpc) is 2.76. The summed E-state index contributed by atoms with van der Waals surface area (Å²) >= 11 is 4.91. The molecule has 1 aromatic carbocycles. The van der Waals surface area contributed by atoms with Gasteiger partial charge in [0.05, 0.1) is 5.69 Å². The van der Waals surface area contributed by atoms with Crippen molar-refractivity contribution in [1.29, 1.82) is 0 Å². The lowest BCUT2D eigenvalue weighted by Crippen LogP contribution is -2.05. The topological polar surface area (TPSA) is 24.9 Å². The van der Waals surface area contributed by atoms with E-state index >= 15 is 0 Å². The lowest BCUT2D eigenvalue weighted by atomic mass is 10.2. The van der Waals surface area contributed by atoms with Crippen LogP contribution in [-0.2, 0) is 13.0 Å². The van der Waals surface area contributed by atoms with Crippen molar-refractivity contribution in [3.8, 4) is 10.6 Å². The maximum atomic E-state index is 13.8. The van der Waals surface area contributed by atoms with Crippen molar-refractivity contribution in [2.24, 2.45) is 0 Å². The van der Waals surface area contributed by atoms with E-state index in [1.54, 1.807) is 23.5 Å². The zero-order chi connectivity index (χ0) is 13.1. The molecule has 1 heterocycles. The number of hydrogen-bond acceptors (Lipinski definition) is 3. The van der Waals surface area contributed by atoms with Crippen LogP contribution in [-0.4, -0.2) is 12.0 Å². The molecule has 1 aromatic heterocycles. The van der Waals surface area contributed by atoms with Gasteiger partial charge in [-0.1, -0.05) is 22.9 Å². The number of nitrogens with zero attached hydrogens (tertiary/aromatic N) is 1. The summed E-state index contributed by atoms with van der Waals surface area (Å²) in [6, 6.07) is 4.93. The smallest absolute Gasteiger partial charge is 0.133 e. The van der Waals surface area contributed by atoms with Gasteiger partial charge in [-0.3, -0.25) is 0 Å². The molecule has 0 saturated carbocycles. The summed E-state index contributed by atoms with van der Waals surface area (Å²) in [6.07, 6.45) is 0.864. The number of thiazole rings is 1. The third-order valence-electron chi connectivity index (χ3n) is 2.61. The van der Waals surface area contributed by atoms with Crippen molar-refractivity contribution >= 4 is 27.3 Å². The van der Waals surface area contributed by atoms with Gasteiger partial charge in [0.15, 0.2) is 0 Å². The lowest BCUT2D eigenvalue weighted by molar-refractivity contribution is 0.631. The minimum atomic E-state index is -0.231. The molecule has 18 heavy (non-hydrogen) atoms. The van der Waals surface area contributed by atoms with E-state index < -0.39 is 0 Å². The second-order valence-electron chi connectivity index (χ2n) is 3.90. The summed E-state index contributed by atoms with van der Waals surface area (Å²) in [5.74, 6) is -0.231. The highest BCUT2D eigenvalue weighted by Gasteiger charge is 2.14. The predicted molar refractivity (Wildman–Crippen MR) is 77.3 cm³/mol. The molecule has 0 atom stereocenters. The van der Waals surface area contributed by atoms with Crippen LogP contribution in [0.2, 0.25) is 0 Å².